The summed E-state index contributed by atoms with van der Waals surface area (Å²) in [6.45, 7) is 4.41. The van der Waals surface area contributed by atoms with Crippen molar-refractivity contribution in [3.8, 4) is 16.9 Å². The molecule has 1 nitrogen and oxygen atoms in total. The summed E-state index contributed by atoms with van der Waals surface area (Å²) in [5.74, 6) is 0.864. The zero-order valence-electron chi connectivity index (χ0n) is 13.7. The van der Waals surface area contributed by atoms with Crippen LogP contribution in [0, 0.1) is 0 Å². The Kier molecular flexibility index (Phi) is 4.47. The third kappa shape index (κ3) is 3.62. The van der Waals surface area contributed by atoms with Crippen molar-refractivity contribution < 1.29 is 5.11 Å². The lowest BCUT2D eigenvalue weighted by Crippen LogP contribution is -1.94. The molecule has 116 valence electrons. The molecule has 0 fully saturated rings. The molecular weight excluding hydrogens is 280 g/mol. The average molecular weight is 302 g/mol. The van der Waals surface area contributed by atoms with Crippen molar-refractivity contribution in [2.45, 2.75) is 26.2 Å². The van der Waals surface area contributed by atoms with E-state index in [9.17, 15) is 5.11 Å². The second kappa shape index (κ2) is 6.70. The molecule has 23 heavy (non-hydrogen) atoms. The molecule has 0 amide bonds. The third-order valence-electron chi connectivity index (χ3n) is 4.21. The second-order valence-corrected chi connectivity index (χ2v) is 6.28. The van der Waals surface area contributed by atoms with Crippen LogP contribution in [0.3, 0.4) is 0 Å². The smallest absolute Gasteiger partial charge is 0.115 e. The highest BCUT2D eigenvalue weighted by Crippen LogP contribution is 2.29. The van der Waals surface area contributed by atoms with Gasteiger partial charge in [0.25, 0.3) is 0 Å². The number of hydrogen-bond donors (Lipinski definition) is 1. The van der Waals surface area contributed by atoms with Gasteiger partial charge in [-0.1, -0.05) is 74.5 Å². The molecule has 1 N–H and O–H groups in total. The molecule has 0 aliphatic rings. The fourth-order valence-electron chi connectivity index (χ4n) is 2.87. The molecule has 0 aliphatic carbocycles. The van der Waals surface area contributed by atoms with E-state index in [2.05, 4.69) is 50.2 Å². The maximum absolute atomic E-state index is 9.88. The van der Waals surface area contributed by atoms with Gasteiger partial charge in [0.1, 0.15) is 5.75 Å². The number of rotatable bonds is 4. The zero-order chi connectivity index (χ0) is 16.2. The maximum Gasteiger partial charge on any atom is 0.115 e. The molecule has 3 aromatic carbocycles. The Morgan fingerprint density at radius 1 is 0.826 bits per heavy atom. The molecule has 0 atom stereocenters. The van der Waals surface area contributed by atoms with Gasteiger partial charge in [-0.05, 0) is 52.3 Å². The van der Waals surface area contributed by atoms with Crippen LogP contribution in [0.4, 0.5) is 0 Å². The van der Waals surface area contributed by atoms with E-state index in [1.807, 2.05) is 30.3 Å². The van der Waals surface area contributed by atoms with Crippen LogP contribution in [0.25, 0.3) is 11.1 Å². The van der Waals surface area contributed by atoms with Gasteiger partial charge in [-0.25, -0.2) is 0 Å². The van der Waals surface area contributed by atoms with Crippen molar-refractivity contribution in [3.63, 3.8) is 0 Å². The second-order valence-electron chi connectivity index (χ2n) is 6.28. The normalized spacial score (nSPS) is 10.9. The first kappa shape index (κ1) is 15.4. The minimum absolute atomic E-state index is 0.318. The molecule has 0 bridgehead atoms. The van der Waals surface area contributed by atoms with E-state index >= 15 is 0 Å². The highest BCUT2D eigenvalue weighted by atomic mass is 16.3. The summed E-state index contributed by atoms with van der Waals surface area (Å²) in [6.07, 6.45) is 0.816. The van der Waals surface area contributed by atoms with E-state index in [1.165, 1.54) is 22.3 Å². The quantitative estimate of drug-likeness (QED) is 0.648. The predicted octanol–water partition coefficient (Wildman–Crippen LogP) is 5.77. The van der Waals surface area contributed by atoms with Crippen molar-refractivity contribution in [3.05, 3.63) is 89.5 Å². The lowest BCUT2D eigenvalue weighted by molar-refractivity contribution is 0.475. The first-order valence-corrected chi connectivity index (χ1v) is 8.09. The maximum atomic E-state index is 9.88. The van der Waals surface area contributed by atoms with Gasteiger partial charge in [0.2, 0.25) is 0 Å². The number of hydrogen-bond acceptors (Lipinski definition) is 1. The van der Waals surface area contributed by atoms with Crippen molar-refractivity contribution in [2.75, 3.05) is 0 Å². The Hall–Kier alpha value is -2.54. The SMILES string of the molecule is CC(C)c1ccc(Cc2cc(O)ccc2-c2ccccc2)cc1. The Morgan fingerprint density at radius 3 is 2.17 bits per heavy atom. The van der Waals surface area contributed by atoms with Crippen LogP contribution in [-0.2, 0) is 6.42 Å². The van der Waals surface area contributed by atoms with E-state index in [1.54, 1.807) is 6.07 Å². The summed E-state index contributed by atoms with van der Waals surface area (Å²) in [5.41, 5.74) is 6.12. The summed E-state index contributed by atoms with van der Waals surface area (Å²) in [5, 5.41) is 9.88. The third-order valence-corrected chi connectivity index (χ3v) is 4.21. The summed E-state index contributed by atoms with van der Waals surface area (Å²) in [7, 11) is 0. The Labute approximate surface area is 138 Å². The van der Waals surface area contributed by atoms with Gasteiger partial charge in [0.05, 0.1) is 0 Å². The van der Waals surface area contributed by atoms with Crippen LogP contribution < -0.4 is 0 Å². The van der Waals surface area contributed by atoms with E-state index in [-0.39, 0.29) is 0 Å². The molecule has 0 saturated heterocycles. The number of benzene rings is 3. The fourth-order valence-corrected chi connectivity index (χ4v) is 2.87. The van der Waals surface area contributed by atoms with Gasteiger partial charge in [0.15, 0.2) is 0 Å². The lowest BCUT2D eigenvalue weighted by atomic mass is 9.93. The summed E-state index contributed by atoms with van der Waals surface area (Å²) >= 11 is 0. The van der Waals surface area contributed by atoms with Gasteiger partial charge in [-0.2, -0.15) is 0 Å². The van der Waals surface area contributed by atoms with Gasteiger partial charge < -0.3 is 5.11 Å². The van der Waals surface area contributed by atoms with Gasteiger partial charge in [-0.3, -0.25) is 0 Å². The van der Waals surface area contributed by atoms with Crippen molar-refractivity contribution in [2.24, 2.45) is 0 Å². The number of phenolic OH excluding ortho intramolecular Hbond substituents is 1. The van der Waals surface area contributed by atoms with E-state index in [0.29, 0.717) is 11.7 Å². The summed E-state index contributed by atoms with van der Waals surface area (Å²) in [4.78, 5) is 0. The molecule has 3 aromatic rings. The summed E-state index contributed by atoms with van der Waals surface area (Å²) < 4.78 is 0. The molecular formula is C22H22O. The Balaban J connectivity index is 1.94. The van der Waals surface area contributed by atoms with E-state index in [0.717, 1.165) is 12.0 Å². The number of aromatic hydroxyl groups is 1. The lowest BCUT2D eigenvalue weighted by Gasteiger charge is -2.12. The molecule has 0 heterocycles. The van der Waals surface area contributed by atoms with Gasteiger partial charge >= 0.3 is 0 Å². The van der Waals surface area contributed by atoms with Gasteiger partial charge in [0, 0.05) is 0 Å². The van der Waals surface area contributed by atoms with Crippen LogP contribution in [-0.4, -0.2) is 5.11 Å². The topological polar surface area (TPSA) is 20.2 Å². The minimum Gasteiger partial charge on any atom is -0.508 e. The van der Waals surface area contributed by atoms with E-state index < -0.39 is 0 Å². The van der Waals surface area contributed by atoms with Crippen LogP contribution in [0.1, 0.15) is 36.5 Å². The van der Waals surface area contributed by atoms with Crippen molar-refractivity contribution >= 4 is 0 Å². The average Bonchev–Trinajstić information content (AvgIpc) is 2.56. The van der Waals surface area contributed by atoms with Crippen molar-refractivity contribution in [1.82, 2.24) is 0 Å². The molecule has 0 aromatic heterocycles. The highest BCUT2D eigenvalue weighted by molar-refractivity contribution is 5.68. The van der Waals surface area contributed by atoms with E-state index in [4.69, 9.17) is 0 Å². The largest absolute Gasteiger partial charge is 0.508 e. The standard InChI is InChI=1S/C22H22O/c1-16(2)18-10-8-17(9-11-18)14-20-15-21(23)12-13-22(20)19-6-4-3-5-7-19/h3-13,15-16,23H,14H2,1-2H3. The number of phenols is 1. The Bertz CT molecular complexity index is 771. The molecule has 0 unspecified atom stereocenters. The predicted molar refractivity (Wildman–Crippen MR) is 96.9 cm³/mol. The van der Waals surface area contributed by atoms with Crippen LogP contribution in [0.15, 0.2) is 72.8 Å². The summed E-state index contributed by atoms with van der Waals surface area (Å²) in [6, 6.07) is 24.7. The molecule has 0 saturated carbocycles. The molecule has 0 aliphatic heterocycles. The molecule has 3 rings (SSSR count). The van der Waals surface area contributed by atoms with Gasteiger partial charge in [-0.15, -0.1) is 0 Å². The van der Waals surface area contributed by atoms with Crippen molar-refractivity contribution in [1.29, 1.82) is 0 Å². The molecule has 0 radical (unpaired) electrons. The first-order valence-electron chi connectivity index (χ1n) is 8.09. The minimum atomic E-state index is 0.318. The first-order chi connectivity index (χ1) is 11.1. The zero-order valence-corrected chi connectivity index (χ0v) is 13.7. The van der Waals surface area contributed by atoms with Crippen LogP contribution in [0.2, 0.25) is 0 Å². The fraction of sp³-hybridized carbons (Fsp3) is 0.182. The van der Waals surface area contributed by atoms with Crippen LogP contribution in [0.5, 0.6) is 5.75 Å². The Morgan fingerprint density at radius 2 is 1.52 bits per heavy atom. The monoisotopic (exact) mass is 302 g/mol. The molecule has 0 spiro atoms. The molecule has 1 heteroatoms. The highest BCUT2D eigenvalue weighted by Gasteiger charge is 2.08. The van der Waals surface area contributed by atoms with Crippen LogP contribution >= 0.6 is 0 Å².